The van der Waals surface area contributed by atoms with Crippen molar-refractivity contribution >= 4 is 5.91 Å². The molecule has 2 fully saturated rings. The lowest BCUT2D eigenvalue weighted by Crippen LogP contribution is -2.36. The number of carbonyl (C=O) groups excluding carboxylic acids is 1. The number of hydrogen-bond acceptors (Lipinski definition) is 2. The molecule has 0 spiro atoms. The maximum Gasteiger partial charge on any atom is 0.222 e. The van der Waals surface area contributed by atoms with Gasteiger partial charge in [-0.05, 0) is 56.7 Å². The largest absolute Gasteiger partial charge is 0.343 e. The average Bonchev–Trinajstić information content (AvgIpc) is 3.15. The van der Waals surface area contributed by atoms with Gasteiger partial charge in [-0.25, -0.2) is 13.2 Å². The van der Waals surface area contributed by atoms with Gasteiger partial charge in [-0.3, -0.25) is 9.69 Å². The first-order chi connectivity index (χ1) is 12.0. The lowest BCUT2D eigenvalue weighted by atomic mass is 9.92. The van der Waals surface area contributed by atoms with Gasteiger partial charge in [0.1, 0.15) is 5.82 Å². The summed E-state index contributed by atoms with van der Waals surface area (Å²) >= 11 is 0. The Balaban J connectivity index is 1.53. The highest BCUT2D eigenvalue weighted by atomic mass is 19.2. The van der Waals surface area contributed by atoms with Gasteiger partial charge in [0.05, 0.1) is 0 Å². The SMILES string of the molecule is O=C(CC[C@@H]1CCCN(Cc2c(F)ccc(F)c2F)C1)N1CCCC1. The van der Waals surface area contributed by atoms with Crippen LogP contribution in [0, 0.1) is 23.4 Å². The third kappa shape index (κ3) is 4.54. The first-order valence-electron chi connectivity index (χ1n) is 9.17. The molecule has 1 aromatic carbocycles. The maximum absolute atomic E-state index is 13.8. The van der Waals surface area contributed by atoms with Gasteiger partial charge in [0.15, 0.2) is 11.6 Å². The molecule has 1 aromatic rings. The van der Waals surface area contributed by atoms with Crippen molar-refractivity contribution in [3.8, 4) is 0 Å². The molecular formula is C19H25F3N2O. The molecule has 2 saturated heterocycles. The van der Waals surface area contributed by atoms with Crippen LogP contribution in [0.4, 0.5) is 13.2 Å². The van der Waals surface area contributed by atoms with E-state index in [1.165, 1.54) is 0 Å². The van der Waals surface area contributed by atoms with E-state index in [9.17, 15) is 18.0 Å². The molecule has 3 nitrogen and oxygen atoms in total. The van der Waals surface area contributed by atoms with Gasteiger partial charge in [0.25, 0.3) is 0 Å². The normalized spacial score (nSPS) is 21.7. The third-order valence-electron chi connectivity index (χ3n) is 5.35. The topological polar surface area (TPSA) is 23.6 Å². The molecule has 25 heavy (non-hydrogen) atoms. The molecule has 1 amide bonds. The lowest BCUT2D eigenvalue weighted by Gasteiger charge is -2.33. The van der Waals surface area contributed by atoms with Crippen molar-refractivity contribution in [1.82, 2.24) is 9.80 Å². The summed E-state index contributed by atoms with van der Waals surface area (Å²) in [6, 6.07) is 1.79. The summed E-state index contributed by atoms with van der Waals surface area (Å²) in [5.41, 5.74) is -0.200. The van der Waals surface area contributed by atoms with Gasteiger partial charge < -0.3 is 4.90 Å². The Bertz CT molecular complexity index is 617. The lowest BCUT2D eigenvalue weighted by molar-refractivity contribution is -0.130. The van der Waals surface area contributed by atoms with E-state index < -0.39 is 17.5 Å². The molecule has 2 aliphatic rings. The molecular weight excluding hydrogens is 329 g/mol. The summed E-state index contributed by atoms with van der Waals surface area (Å²) in [4.78, 5) is 16.1. The minimum absolute atomic E-state index is 0.0754. The van der Waals surface area contributed by atoms with Crippen molar-refractivity contribution in [2.45, 2.75) is 45.1 Å². The second kappa shape index (κ2) is 8.21. The van der Waals surface area contributed by atoms with E-state index in [0.717, 1.165) is 63.9 Å². The highest BCUT2D eigenvalue weighted by Gasteiger charge is 2.25. The maximum atomic E-state index is 13.8. The molecule has 138 valence electrons. The second-order valence-corrected chi connectivity index (χ2v) is 7.19. The van der Waals surface area contributed by atoms with E-state index in [2.05, 4.69) is 0 Å². The molecule has 0 unspecified atom stereocenters. The molecule has 3 rings (SSSR count). The van der Waals surface area contributed by atoms with Crippen molar-refractivity contribution in [3.63, 3.8) is 0 Å². The number of likely N-dealkylation sites (tertiary alicyclic amines) is 2. The smallest absolute Gasteiger partial charge is 0.222 e. The Morgan fingerprint density at radius 3 is 2.52 bits per heavy atom. The summed E-state index contributed by atoms with van der Waals surface area (Å²) in [7, 11) is 0. The van der Waals surface area contributed by atoms with Crippen LogP contribution in [0.25, 0.3) is 0 Å². The molecule has 0 radical (unpaired) electrons. The fraction of sp³-hybridized carbons (Fsp3) is 0.632. The number of piperidine rings is 1. The van der Waals surface area contributed by atoms with E-state index in [0.29, 0.717) is 18.9 Å². The second-order valence-electron chi connectivity index (χ2n) is 7.19. The molecule has 6 heteroatoms. The number of benzene rings is 1. The van der Waals surface area contributed by atoms with Crippen LogP contribution in [0.5, 0.6) is 0 Å². The Hall–Kier alpha value is -1.56. The fourth-order valence-electron chi connectivity index (χ4n) is 3.92. The highest BCUT2D eigenvalue weighted by Crippen LogP contribution is 2.25. The first-order valence-corrected chi connectivity index (χ1v) is 9.17. The number of hydrogen-bond donors (Lipinski definition) is 0. The van der Waals surface area contributed by atoms with Gasteiger partial charge in [-0.2, -0.15) is 0 Å². The Morgan fingerprint density at radius 2 is 1.76 bits per heavy atom. The summed E-state index contributed by atoms with van der Waals surface area (Å²) in [6.07, 6.45) is 5.49. The van der Waals surface area contributed by atoms with E-state index in [1.807, 2.05) is 9.80 Å². The Kier molecular flexibility index (Phi) is 5.99. The molecule has 0 aliphatic carbocycles. The van der Waals surface area contributed by atoms with E-state index in [1.54, 1.807) is 0 Å². The Morgan fingerprint density at radius 1 is 1.04 bits per heavy atom. The third-order valence-corrected chi connectivity index (χ3v) is 5.35. The zero-order valence-corrected chi connectivity index (χ0v) is 14.4. The van der Waals surface area contributed by atoms with Crippen molar-refractivity contribution in [2.75, 3.05) is 26.2 Å². The molecule has 0 saturated carbocycles. The van der Waals surface area contributed by atoms with Crippen LogP contribution in [0.15, 0.2) is 12.1 Å². The molecule has 0 N–H and O–H groups in total. The van der Waals surface area contributed by atoms with Crippen molar-refractivity contribution in [1.29, 1.82) is 0 Å². The predicted molar refractivity (Wildman–Crippen MR) is 89.4 cm³/mol. The summed E-state index contributed by atoms with van der Waals surface area (Å²) in [5.74, 6) is -2.24. The quantitative estimate of drug-likeness (QED) is 0.753. The minimum Gasteiger partial charge on any atom is -0.343 e. The first kappa shape index (κ1) is 18.2. The molecule has 1 atom stereocenters. The minimum atomic E-state index is -1.09. The van der Waals surface area contributed by atoms with Crippen LogP contribution in [0.2, 0.25) is 0 Å². The average molecular weight is 354 g/mol. The number of halogens is 3. The Labute approximate surface area is 146 Å². The van der Waals surface area contributed by atoms with Gasteiger partial charge in [0, 0.05) is 38.2 Å². The van der Waals surface area contributed by atoms with Crippen molar-refractivity contribution < 1.29 is 18.0 Å². The van der Waals surface area contributed by atoms with Crippen molar-refractivity contribution in [2.24, 2.45) is 5.92 Å². The summed E-state index contributed by atoms with van der Waals surface area (Å²) in [5, 5.41) is 0. The summed E-state index contributed by atoms with van der Waals surface area (Å²) < 4.78 is 41.0. The molecule has 0 bridgehead atoms. The molecule has 2 heterocycles. The zero-order valence-electron chi connectivity index (χ0n) is 14.4. The zero-order chi connectivity index (χ0) is 17.8. The monoisotopic (exact) mass is 354 g/mol. The van der Waals surface area contributed by atoms with E-state index in [4.69, 9.17) is 0 Å². The summed E-state index contributed by atoms with van der Waals surface area (Å²) in [6.45, 7) is 3.25. The van der Waals surface area contributed by atoms with Crippen LogP contribution in [-0.4, -0.2) is 41.9 Å². The number of nitrogens with zero attached hydrogens (tertiary/aromatic N) is 2. The van der Waals surface area contributed by atoms with Gasteiger partial charge in [0.2, 0.25) is 5.91 Å². The fourth-order valence-corrected chi connectivity index (χ4v) is 3.92. The van der Waals surface area contributed by atoms with Gasteiger partial charge in [-0.1, -0.05) is 0 Å². The number of rotatable bonds is 5. The van der Waals surface area contributed by atoms with Crippen LogP contribution in [0.1, 0.15) is 44.1 Å². The van der Waals surface area contributed by atoms with Crippen LogP contribution in [0.3, 0.4) is 0 Å². The molecule has 0 aromatic heterocycles. The van der Waals surface area contributed by atoms with E-state index >= 15 is 0 Å². The number of carbonyl (C=O) groups is 1. The highest BCUT2D eigenvalue weighted by molar-refractivity contribution is 5.76. The standard InChI is InChI=1S/C19H25F3N2O/c20-16-6-7-17(21)19(22)15(16)13-23-9-3-4-14(12-23)5-8-18(25)24-10-1-2-11-24/h6-7,14H,1-5,8-13H2/t14-/m0/s1. The van der Waals surface area contributed by atoms with Crippen molar-refractivity contribution in [3.05, 3.63) is 35.1 Å². The van der Waals surface area contributed by atoms with Gasteiger partial charge in [-0.15, -0.1) is 0 Å². The van der Waals surface area contributed by atoms with E-state index in [-0.39, 0.29) is 18.0 Å². The van der Waals surface area contributed by atoms with Crippen LogP contribution >= 0.6 is 0 Å². The predicted octanol–water partition coefficient (Wildman–Crippen LogP) is 3.72. The molecule has 2 aliphatic heterocycles. The number of amides is 1. The van der Waals surface area contributed by atoms with Crippen LogP contribution in [-0.2, 0) is 11.3 Å². The van der Waals surface area contributed by atoms with Crippen LogP contribution < -0.4 is 0 Å². The van der Waals surface area contributed by atoms with Gasteiger partial charge >= 0.3 is 0 Å².